The Morgan fingerprint density at radius 1 is 0.970 bits per heavy atom. The summed E-state index contributed by atoms with van der Waals surface area (Å²) in [5.41, 5.74) is 2.25. The number of sulfonamides is 1. The van der Waals surface area contributed by atoms with Crippen LogP contribution in [0.2, 0.25) is 0 Å². The third kappa shape index (κ3) is 5.23. The van der Waals surface area contributed by atoms with Gasteiger partial charge in [-0.2, -0.15) is 17.5 Å². The van der Waals surface area contributed by atoms with Crippen LogP contribution in [0.25, 0.3) is 0 Å². The normalized spacial score (nSPS) is 15.7. The molecule has 0 radical (unpaired) electrons. The van der Waals surface area contributed by atoms with Crippen molar-refractivity contribution >= 4 is 26.5 Å². The SMILES string of the molecule is CCc1ccc(Cc2csc(N3CCN(S(=O)(=O)c4ccccc4C(F)(F)F)CC3)n2)cc1. The van der Waals surface area contributed by atoms with Crippen LogP contribution < -0.4 is 4.90 Å². The van der Waals surface area contributed by atoms with Crippen LogP contribution in [0, 0.1) is 0 Å². The maximum absolute atomic E-state index is 13.3. The summed E-state index contributed by atoms with van der Waals surface area (Å²) >= 11 is 1.49. The largest absolute Gasteiger partial charge is 0.417 e. The van der Waals surface area contributed by atoms with Crippen molar-refractivity contribution in [1.82, 2.24) is 9.29 Å². The fourth-order valence-electron chi connectivity index (χ4n) is 3.81. The summed E-state index contributed by atoms with van der Waals surface area (Å²) in [6.45, 7) is 3.04. The van der Waals surface area contributed by atoms with Crippen LogP contribution in [0.1, 0.15) is 29.3 Å². The number of benzene rings is 2. The monoisotopic (exact) mass is 495 g/mol. The second-order valence-electron chi connectivity index (χ2n) is 7.85. The summed E-state index contributed by atoms with van der Waals surface area (Å²) in [6.07, 6.45) is -3.03. The number of thiazole rings is 1. The summed E-state index contributed by atoms with van der Waals surface area (Å²) in [5, 5.41) is 2.79. The Balaban J connectivity index is 1.42. The number of rotatable bonds is 6. The molecule has 0 atom stereocenters. The van der Waals surface area contributed by atoms with Crippen molar-refractivity contribution in [2.45, 2.75) is 30.8 Å². The number of anilines is 1. The quantitative estimate of drug-likeness (QED) is 0.492. The third-order valence-electron chi connectivity index (χ3n) is 5.68. The van der Waals surface area contributed by atoms with E-state index in [1.165, 1.54) is 34.6 Å². The second kappa shape index (κ2) is 9.44. The van der Waals surface area contributed by atoms with Crippen LogP contribution in [0.4, 0.5) is 18.3 Å². The summed E-state index contributed by atoms with van der Waals surface area (Å²) in [5.74, 6) is 0. The van der Waals surface area contributed by atoms with Crippen LogP contribution >= 0.6 is 11.3 Å². The fourth-order valence-corrected chi connectivity index (χ4v) is 6.32. The standard InChI is InChI=1S/C23H24F3N3O2S2/c1-2-17-7-9-18(10-8-17)15-19-16-32-22(27-19)28-11-13-29(14-12-28)33(30,31)21-6-4-3-5-20(21)23(24,25)26/h3-10,16H,2,11-15H2,1H3. The molecule has 10 heteroatoms. The van der Waals surface area contributed by atoms with E-state index in [2.05, 4.69) is 31.2 Å². The predicted octanol–water partition coefficient (Wildman–Crippen LogP) is 4.83. The number of nitrogens with zero attached hydrogens (tertiary/aromatic N) is 3. The molecule has 0 aliphatic carbocycles. The highest BCUT2D eigenvalue weighted by Gasteiger charge is 2.39. The molecular formula is C23H24F3N3O2S2. The number of alkyl halides is 3. The number of hydrogen-bond acceptors (Lipinski definition) is 5. The molecule has 0 unspecified atom stereocenters. The van der Waals surface area contributed by atoms with E-state index in [0.717, 1.165) is 33.7 Å². The molecule has 0 amide bonds. The van der Waals surface area contributed by atoms with Gasteiger partial charge in [0.05, 0.1) is 16.2 Å². The first-order chi connectivity index (χ1) is 15.7. The lowest BCUT2D eigenvalue weighted by Gasteiger charge is -2.34. The highest BCUT2D eigenvalue weighted by atomic mass is 32.2. The van der Waals surface area contributed by atoms with Gasteiger partial charge in [-0.3, -0.25) is 0 Å². The zero-order valence-electron chi connectivity index (χ0n) is 18.0. The molecule has 2 aromatic carbocycles. The Hall–Kier alpha value is -2.43. The smallest absolute Gasteiger partial charge is 0.345 e. The molecule has 5 nitrogen and oxygen atoms in total. The van der Waals surface area contributed by atoms with E-state index < -0.39 is 26.7 Å². The van der Waals surface area contributed by atoms with Gasteiger partial charge in [0.15, 0.2) is 5.13 Å². The van der Waals surface area contributed by atoms with Crippen molar-refractivity contribution < 1.29 is 21.6 Å². The molecule has 2 heterocycles. The predicted molar refractivity (Wildman–Crippen MR) is 123 cm³/mol. The maximum atomic E-state index is 13.3. The zero-order valence-corrected chi connectivity index (χ0v) is 19.7. The fraction of sp³-hybridized carbons (Fsp3) is 0.348. The van der Waals surface area contributed by atoms with Crippen LogP contribution in [0.3, 0.4) is 0 Å². The number of aryl methyl sites for hydroxylation is 1. The Bertz CT molecular complexity index is 1200. The Morgan fingerprint density at radius 2 is 1.61 bits per heavy atom. The van der Waals surface area contributed by atoms with Gasteiger partial charge in [0, 0.05) is 38.0 Å². The van der Waals surface area contributed by atoms with Crippen molar-refractivity contribution in [2.24, 2.45) is 0 Å². The van der Waals surface area contributed by atoms with Gasteiger partial charge in [-0.05, 0) is 29.7 Å². The minimum Gasteiger partial charge on any atom is -0.345 e. The number of piperazine rings is 1. The number of halogens is 3. The molecule has 33 heavy (non-hydrogen) atoms. The molecule has 1 aliphatic heterocycles. The molecule has 0 saturated carbocycles. The third-order valence-corrected chi connectivity index (χ3v) is 8.58. The first-order valence-electron chi connectivity index (χ1n) is 10.6. The molecule has 1 fully saturated rings. The van der Waals surface area contributed by atoms with Gasteiger partial charge in [0.2, 0.25) is 10.0 Å². The molecule has 0 N–H and O–H groups in total. The van der Waals surface area contributed by atoms with Crippen LogP contribution in [-0.2, 0) is 29.0 Å². The number of aromatic nitrogens is 1. The first-order valence-corrected chi connectivity index (χ1v) is 12.9. The topological polar surface area (TPSA) is 53.5 Å². The lowest BCUT2D eigenvalue weighted by Crippen LogP contribution is -2.49. The Kier molecular flexibility index (Phi) is 6.78. The van der Waals surface area contributed by atoms with Crippen molar-refractivity contribution in [3.05, 3.63) is 76.3 Å². The molecule has 1 saturated heterocycles. The van der Waals surface area contributed by atoms with Crippen molar-refractivity contribution in [3.8, 4) is 0 Å². The van der Waals surface area contributed by atoms with Crippen LogP contribution in [-0.4, -0.2) is 43.9 Å². The highest BCUT2D eigenvalue weighted by Crippen LogP contribution is 2.35. The zero-order chi connectivity index (χ0) is 23.6. The summed E-state index contributed by atoms with van der Waals surface area (Å²) in [7, 11) is -4.25. The van der Waals surface area contributed by atoms with Gasteiger partial charge >= 0.3 is 6.18 Å². The Labute approximate surface area is 195 Å². The van der Waals surface area contributed by atoms with E-state index in [1.54, 1.807) is 0 Å². The molecule has 4 rings (SSSR count). The minimum atomic E-state index is -4.74. The van der Waals surface area contributed by atoms with Gasteiger partial charge in [-0.15, -0.1) is 11.3 Å². The van der Waals surface area contributed by atoms with Crippen molar-refractivity contribution in [2.75, 3.05) is 31.1 Å². The average Bonchev–Trinajstić information content (AvgIpc) is 3.27. The summed E-state index contributed by atoms with van der Waals surface area (Å²) in [4.78, 5) is 5.98. The van der Waals surface area contributed by atoms with E-state index in [0.29, 0.717) is 19.5 Å². The lowest BCUT2D eigenvalue weighted by molar-refractivity contribution is -0.139. The molecule has 1 aromatic heterocycles. The minimum absolute atomic E-state index is 0.0991. The van der Waals surface area contributed by atoms with E-state index >= 15 is 0 Å². The molecule has 3 aromatic rings. The van der Waals surface area contributed by atoms with E-state index in [-0.39, 0.29) is 13.1 Å². The van der Waals surface area contributed by atoms with Crippen molar-refractivity contribution in [1.29, 1.82) is 0 Å². The first kappa shape index (κ1) is 23.7. The molecular weight excluding hydrogens is 471 g/mol. The second-order valence-corrected chi connectivity index (χ2v) is 10.6. The molecule has 1 aliphatic rings. The van der Waals surface area contributed by atoms with E-state index in [1.807, 2.05) is 10.3 Å². The van der Waals surface area contributed by atoms with E-state index in [9.17, 15) is 21.6 Å². The molecule has 0 bridgehead atoms. The summed E-state index contributed by atoms with van der Waals surface area (Å²) in [6, 6.07) is 12.7. The molecule has 176 valence electrons. The van der Waals surface area contributed by atoms with Crippen molar-refractivity contribution in [3.63, 3.8) is 0 Å². The van der Waals surface area contributed by atoms with E-state index in [4.69, 9.17) is 4.98 Å². The molecule has 0 spiro atoms. The number of hydrogen-bond donors (Lipinski definition) is 0. The van der Waals surface area contributed by atoms with Crippen LogP contribution in [0.15, 0.2) is 58.8 Å². The Morgan fingerprint density at radius 3 is 2.24 bits per heavy atom. The van der Waals surface area contributed by atoms with Gasteiger partial charge in [-0.1, -0.05) is 43.3 Å². The van der Waals surface area contributed by atoms with Gasteiger partial charge in [0.25, 0.3) is 0 Å². The highest BCUT2D eigenvalue weighted by molar-refractivity contribution is 7.89. The lowest BCUT2D eigenvalue weighted by atomic mass is 10.1. The summed E-state index contributed by atoms with van der Waals surface area (Å²) < 4.78 is 67.0. The van der Waals surface area contributed by atoms with Gasteiger partial charge in [0.1, 0.15) is 0 Å². The van der Waals surface area contributed by atoms with Gasteiger partial charge < -0.3 is 4.90 Å². The van der Waals surface area contributed by atoms with Gasteiger partial charge in [-0.25, -0.2) is 13.4 Å². The van der Waals surface area contributed by atoms with Crippen LogP contribution in [0.5, 0.6) is 0 Å². The average molecular weight is 496 g/mol. The maximum Gasteiger partial charge on any atom is 0.417 e.